The molecule has 1 heterocycles. The molecule has 1 N–H and O–H groups in total. The topological polar surface area (TPSA) is 55.1 Å². The molecule has 0 bridgehead atoms. The third kappa shape index (κ3) is 4.27. The van der Waals surface area contributed by atoms with E-state index in [1.165, 1.54) is 36.5 Å². The van der Waals surface area contributed by atoms with Gasteiger partial charge in [-0.05, 0) is 35.9 Å². The summed E-state index contributed by atoms with van der Waals surface area (Å²) in [5, 5.41) is 2.43. The van der Waals surface area contributed by atoms with Crippen LogP contribution in [0.3, 0.4) is 0 Å². The minimum absolute atomic E-state index is 0.0293. The molecule has 8 heteroatoms. The number of rotatable bonds is 4. The van der Waals surface area contributed by atoms with E-state index in [2.05, 4.69) is 10.3 Å². The summed E-state index contributed by atoms with van der Waals surface area (Å²) in [5.74, 6) is -0.826. The molecule has 2 aromatic carbocycles. The molecule has 0 aliphatic rings. The molecule has 4 nitrogen and oxygen atoms in total. The van der Waals surface area contributed by atoms with Crippen LogP contribution in [0.15, 0.2) is 59.5 Å². The Bertz CT molecular complexity index is 904. The van der Waals surface area contributed by atoms with Crippen molar-refractivity contribution in [3.05, 3.63) is 72.0 Å². The van der Waals surface area contributed by atoms with E-state index in [0.29, 0.717) is 5.56 Å². The van der Waals surface area contributed by atoms with E-state index in [0.717, 1.165) is 18.5 Å². The van der Waals surface area contributed by atoms with E-state index >= 15 is 0 Å². The van der Waals surface area contributed by atoms with Gasteiger partial charge in [0.2, 0.25) is 5.91 Å². The first kappa shape index (κ1) is 17.7. The molecule has 0 saturated carbocycles. The number of carbonyl (C=O) groups excluding carboxylic acids is 1. The van der Waals surface area contributed by atoms with Gasteiger partial charge in [0.05, 0.1) is 18.2 Å². The standard InChI is InChI=1S/C18H12F4N2O2/c19-14-3-1-11(2-4-14)5-17(25)24-15-7-12(16-9-23-10-26-16)6-13(8-15)18(20,21)22/h1-4,6-10H,5H2,(H,24,25). The normalized spacial score (nSPS) is 11.4. The molecule has 0 aliphatic heterocycles. The Morgan fingerprint density at radius 2 is 1.85 bits per heavy atom. The van der Waals surface area contributed by atoms with Crippen LogP contribution in [-0.2, 0) is 17.4 Å². The van der Waals surface area contributed by atoms with Crippen molar-refractivity contribution in [2.75, 3.05) is 5.32 Å². The Balaban J connectivity index is 1.85. The van der Waals surface area contributed by atoms with Crippen molar-refractivity contribution in [3.8, 4) is 11.3 Å². The van der Waals surface area contributed by atoms with Gasteiger partial charge in [0.1, 0.15) is 5.82 Å². The Morgan fingerprint density at radius 1 is 1.12 bits per heavy atom. The summed E-state index contributed by atoms with van der Waals surface area (Å²) in [6, 6.07) is 8.38. The van der Waals surface area contributed by atoms with E-state index in [1.54, 1.807) is 0 Å². The number of nitrogens with one attached hydrogen (secondary N) is 1. The maximum atomic E-state index is 13.1. The first-order valence-corrected chi connectivity index (χ1v) is 7.47. The van der Waals surface area contributed by atoms with Crippen molar-refractivity contribution in [1.29, 1.82) is 0 Å². The largest absolute Gasteiger partial charge is 0.444 e. The number of oxazole rings is 1. The van der Waals surface area contributed by atoms with E-state index in [4.69, 9.17) is 4.42 Å². The van der Waals surface area contributed by atoms with Crippen LogP contribution in [0.2, 0.25) is 0 Å². The van der Waals surface area contributed by atoms with Gasteiger partial charge < -0.3 is 9.73 Å². The summed E-state index contributed by atoms with van der Waals surface area (Å²) in [5.41, 5.74) is -0.289. The van der Waals surface area contributed by atoms with Crippen molar-refractivity contribution < 1.29 is 26.8 Å². The van der Waals surface area contributed by atoms with Crippen molar-refractivity contribution >= 4 is 11.6 Å². The van der Waals surface area contributed by atoms with Gasteiger partial charge in [-0.2, -0.15) is 13.2 Å². The second-order valence-electron chi connectivity index (χ2n) is 5.51. The Labute approximate surface area is 145 Å². The van der Waals surface area contributed by atoms with Crippen LogP contribution in [0.1, 0.15) is 11.1 Å². The molecule has 0 spiro atoms. The van der Waals surface area contributed by atoms with Crippen LogP contribution in [0.25, 0.3) is 11.3 Å². The van der Waals surface area contributed by atoms with Gasteiger partial charge in [-0.3, -0.25) is 4.79 Å². The van der Waals surface area contributed by atoms with Crippen LogP contribution in [0.4, 0.5) is 23.2 Å². The predicted octanol–water partition coefficient (Wildman–Crippen LogP) is 4.68. The highest BCUT2D eigenvalue weighted by Gasteiger charge is 2.31. The third-order valence-electron chi connectivity index (χ3n) is 3.54. The van der Waals surface area contributed by atoms with E-state index < -0.39 is 23.5 Å². The smallest absolute Gasteiger partial charge is 0.416 e. The van der Waals surface area contributed by atoms with Gasteiger partial charge >= 0.3 is 6.18 Å². The second kappa shape index (κ2) is 6.99. The molecule has 0 aliphatic carbocycles. The van der Waals surface area contributed by atoms with Gasteiger partial charge in [0.15, 0.2) is 12.2 Å². The summed E-state index contributed by atoms with van der Waals surface area (Å²) < 4.78 is 57.3. The number of anilines is 1. The maximum absolute atomic E-state index is 13.1. The highest BCUT2D eigenvalue weighted by Crippen LogP contribution is 2.34. The van der Waals surface area contributed by atoms with Crippen LogP contribution in [0.5, 0.6) is 0 Å². The molecule has 0 atom stereocenters. The fourth-order valence-corrected chi connectivity index (χ4v) is 2.36. The van der Waals surface area contributed by atoms with E-state index in [-0.39, 0.29) is 23.4 Å². The quantitative estimate of drug-likeness (QED) is 0.684. The number of nitrogens with zero attached hydrogens (tertiary/aromatic N) is 1. The molecule has 0 unspecified atom stereocenters. The molecule has 26 heavy (non-hydrogen) atoms. The van der Waals surface area contributed by atoms with Crippen molar-refractivity contribution in [1.82, 2.24) is 4.98 Å². The molecular formula is C18H12F4N2O2. The van der Waals surface area contributed by atoms with Gasteiger partial charge in [-0.1, -0.05) is 12.1 Å². The molecule has 3 rings (SSSR count). The summed E-state index contributed by atoms with van der Waals surface area (Å²) in [4.78, 5) is 15.8. The van der Waals surface area contributed by atoms with Gasteiger partial charge in [-0.15, -0.1) is 0 Å². The molecule has 1 amide bonds. The summed E-state index contributed by atoms with van der Waals surface area (Å²) in [6.07, 6.45) is -2.32. The van der Waals surface area contributed by atoms with Gasteiger partial charge in [-0.25, -0.2) is 9.37 Å². The number of benzene rings is 2. The Hall–Kier alpha value is -3.16. The van der Waals surface area contributed by atoms with Crippen LogP contribution < -0.4 is 5.32 Å². The van der Waals surface area contributed by atoms with Crippen LogP contribution in [-0.4, -0.2) is 10.9 Å². The highest BCUT2D eigenvalue weighted by atomic mass is 19.4. The summed E-state index contributed by atoms with van der Waals surface area (Å²) in [7, 11) is 0. The third-order valence-corrected chi connectivity index (χ3v) is 3.54. The first-order valence-electron chi connectivity index (χ1n) is 7.47. The fourth-order valence-electron chi connectivity index (χ4n) is 2.36. The van der Waals surface area contributed by atoms with E-state index in [9.17, 15) is 22.4 Å². The number of aromatic nitrogens is 1. The molecule has 3 aromatic rings. The summed E-state index contributed by atoms with van der Waals surface area (Å²) in [6.45, 7) is 0. The zero-order valence-electron chi connectivity index (χ0n) is 13.2. The second-order valence-corrected chi connectivity index (χ2v) is 5.51. The average Bonchev–Trinajstić information content (AvgIpc) is 3.10. The zero-order valence-corrected chi connectivity index (χ0v) is 13.2. The number of alkyl halides is 3. The highest BCUT2D eigenvalue weighted by molar-refractivity contribution is 5.93. The van der Waals surface area contributed by atoms with Crippen molar-refractivity contribution in [3.63, 3.8) is 0 Å². The molecule has 134 valence electrons. The molecular weight excluding hydrogens is 352 g/mol. The first-order chi connectivity index (χ1) is 12.3. The molecule has 0 fully saturated rings. The number of carbonyl (C=O) groups is 1. The maximum Gasteiger partial charge on any atom is 0.416 e. The molecule has 0 radical (unpaired) electrons. The summed E-state index contributed by atoms with van der Waals surface area (Å²) >= 11 is 0. The lowest BCUT2D eigenvalue weighted by Crippen LogP contribution is -2.15. The number of hydrogen-bond acceptors (Lipinski definition) is 3. The number of halogens is 4. The lowest BCUT2D eigenvalue weighted by molar-refractivity contribution is -0.137. The lowest BCUT2D eigenvalue weighted by Gasteiger charge is -2.12. The van der Waals surface area contributed by atoms with E-state index in [1.807, 2.05) is 0 Å². The van der Waals surface area contributed by atoms with Crippen LogP contribution in [0, 0.1) is 5.82 Å². The van der Waals surface area contributed by atoms with Crippen molar-refractivity contribution in [2.24, 2.45) is 0 Å². The Morgan fingerprint density at radius 3 is 2.46 bits per heavy atom. The fraction of sp³-hybridized carbons (Fsp3) is 0.111. The monoisotopic (exact) mass is 364 g/mol. The lowest BCUT2D eigenvalue weighted by atomic mass is 10.1. The Kier molecular flexibility index (Phi) is 4.75. The van der Waals surface area contributed by atoms with Crippen LogP contribution >= 0.6 is 0 Å². The number of hydrogen-bond donors (Lipinski definition) is 1. The minimum Gasteiger partial charge on any atom is -0.444 e. The van der Waals surface area contributed by atoms with Crippen molar-refractivity contribution in [2.45, 2.75) is 12.6 Å². The SMILES string of the molecule is O=C(Cc1ccc(F)cc1)Nc1cc(-c2cnco2)cc(C(F)(F)F)c1. The van der Waals surface area contributed by atoms with Gasteiger partial charge in [0, 0.05) is 11.3 Å². The predicted molar refractivity (Wildman–Crippen MR) is 85.7 cm³/mol. The zero-order chi connectivity index (χ0) is 18.7. The number of amides is 1. The molecule has 1 aromatic heterocycles. The van der Waals surface area contributed by atoms with Gasteiger partial charge in [0.25, 0.3) is 0 Å². The minimum atomic E-state index is -4.59. The average molecular weight is 364 g/mol. The molecule has 0 saturated heterocycles.